The fraction of sp³-hybridized carbons (Fsp3) is 0.625. The Kier molecular flexibility index (Phi) is 8.06. The van der Waals surface area contributed by atoms with E-state index >= 15 is 0 Å². The van der Waals surface area contributed by atoms with Gasteiger partial charge in [-0.25, -0.2) is 4.39 Å². The van der Waals surface area contributed by atoms with Crippen LogP contribution >= 0.6 is 0 Å². The molecule has 0 radical (unpaired) electrons. The molecule has 1 heterocycles. The van der Waals surface area contributed by atoms with Gasteiger partial charge in [-0.1, -0.05) is 38.0 Å². The fourth-order valence-electron chi connectivity index (χ4n) is 4.32. The van der Waals surface area contributed by atoms with Crippen LogP contribution < -0.4 is 0 Å². The SMILES string of the molecule is CCCCC/C=C/C1COC(C2CCC(c3ccc(C#N)c(F)c3)CC2)OC1. The number of benzene rings is 1. The molecule has 152 valence electrons. The maximum Gasteiger partial charge on any atom is 0.160 e. The van der Waals surface area contributed by atoms with Gasteiger partial charge in [-0.05, 0) is 62.1 Å². The Hall–Kier alpha value is -1.70. The Balaban J connectivity index is 1.41. The highest BCUT2D eigenvalue weighted by Gasteiger charge is 2.32. The lowest BCUT2D eigenvalue weighted by Crippen LogP contribution is -2.37. The third kappa shape index (κ3) is 5.65. The molecule has 3 rings (SSSR count). The molecule has 1 aromatic rings. The van der Waals surface area contributed by atoms with E-state index in [-0.39, 0.29) is 11.9 Å². The number of unbranched alkanes of at least 4 members (excludes halogenated alkanes) is 3. The van der Waals surface area contributed by atoms with Gasteiger partial charge in [0.25, 0.3) is 0 Å². The van der Waals surface area contributed by atoms with Crippen LogP contribution in [0.3, 0.4) is 0 Å². The number of rotatable bonds is 7. The molecule has 1 aliphatic heterocycles. The molecule has 28 heavy (non-hydrogen) atoms. The Morgan fingerprint density at radius 1 is 1.14 bits per heavy atom. The maximum absolute atomic E-state index is 13.9. The molecule has 0 unspecified atom stereocenters. The first-order valence-corrected chi connectivity index (χ1v) is 10.8. The van der Waals surface area contributed by atoms with Gasteiger partial charge in [-0.15, -0.1) is 0 Å². The Bertz CT molecular complexity index is 680. The normalized spacial score (nSPS) is 28.3. The molecule has 1 aromatic carbocycles. The molecule has 1 aliphatic carbocycles. The molecular formula is C24H32FNO2. The first-order chi connectivity index (χ1) is 13.7. The predicted octanol–water partition coefficient (Wildman–Crippen LogP) is 6.10. The van der Waals surface area contributed by atoms with Gasteiger partial charge in [0, 0.05) is 11.8 Å². The highest BCUT2D eigenvalue weighted by molar-refractivity contribution is 5.34. The molecule has 3 nitrogen and oxygen atoms in total. The Labute approximate surface area is 168 Å². The van der Waals surface area contributed by atoms with E-state index in [1.54, 1.807) is 6.07 Å². The number of hydrogen-bond donors (Lipinski definition) is 0. The van der Waals surface area contributed by atoms with Gasteiger partial charge in [-0.3, -0.25) is 0 Å². The topological polar surface area (TPSA) is 42.2 Å². The zero-order valence-corrected chi connectivity index (χ0v) is 16.9. The van der Waals surface area contributed by atoms with Crippen molar-refractivity contribution in [1.82, 2.24) is 0 Å². The molecule has 0 N–H and O–H groups in total. The van der Waals surface area contributed by atoms with Crippen LogP contribution in [0, 0.1) is 29.0 Å². The van der Waals surface area contributed by atoms with Gasteiger partial charge in [0.1, 0.15) is 11.9 Å². The van der Waals surface area contributed by atoms with Gasteiger partial charge in [-0.2, -0.15) is 5.26 Å². The summed E-state index contributed by atoms with van der Waals surface area (Å²) in [6, 6.07) is 6.92. The number of nitriles is 1. The van der Waals surface area contributed by atoms with Gasteiger partial charge in [0.05, 0.1) is 18.8 Å². The van der Waals surface area contributed by atoms with E-state index in [4.69, 9.17) is 14.7 Å². The monoisotopic (exact) mass is 385 g/mol. The summed E-state index contributed by atoms with van der Waals surface area (Å²) in [7, 11) is 0. The van der Waals surface area contributed by atoms with Crippen molar-refractivity contribution in [1.29, 1.82) is 5.26 Å². The van der Waals surface area contributed by atoms with Crippen LogP contribution in [0.1, 0.15) is 75.3 Å². The van der Waals surface area contributed by atoms with Crippen LogP contribution in [-0.2, 0) is 9.47 Å². The largest absolute Gasteiger partial charge is 0.352 e. The smallest absolute Gasteiger partial charge is 0.160 e. The van der Waals surface area contributed by atoms with E-state index in [9.17, 15) is 4.39 Å². The average molecular weight is 386 g/mol. The van der Waals surface area contributed by atoms with Crippen molar-refractivity contribution in [2.75, 3.05) is 13.2 Å². The highest BCUT2D eigenvalue weighted by Crippen LogP contribution is 2.39. The second-order valence-corrected chi connectivity index (χ2v) is 8.18. The minimum atomic E-state index is -0.408. The number of nitrogens with zero attached hydrogens (tertiary/aromatic N) is 1. The van der Waals surface area contributed by atoms with E-state index in [2.05, 4.69) is 19.1 Å². The van der Waals surface area contributed by atoms with Crippen LogP contribution in [0.4, 0.5) is 4.39 Å². The van der Waals surface area contributed by atoms with Crippen molar-refractivity contribution in [3.8, 4) is 6.07 Å². The molecule has 0 spiro atoms. The molecule has 2 fully saturated rings. The fourth-order valence-corrected chi connectivity index (χ4v) is 4.32. The number of halogens is 1. The summed E-state index contributed by atoms with van der Waals surface area (Å²) >= 11 is 0. The van der Waals surface area contributed by atoms with Gasteiger partial charge in [0.15, 0.2) is 6.29 Å². The van der Waals surface area contributed by atoms with E-state index in [0.29, 0.717) is 17.8 Å². The lowest BCUT2D eigenvalue weighted by Gasteiger charge is -2.37. The molecule has 2 aliphatic rings. The number of ether oxygens (including phenoxy) is 2. The Morgan fingerprint density at radius 2 is 1.89 bits per heavy atom. The van der Waals surface area contributed by atoms with Crippen LogP contribution in [0.25, 0.3) is 0 Å². The minimum Gasteiger partial charge on any atom is -0.352 e. The van der Waals surface area contributed by atoms with Crippen LogP contribution in [0.15, 0.2) is 30.4 Å². The molecule has 0 bridgehead atoms. The molecule has 1 saturated carbocycles. The summed E-state index contributed by atoms with van der Waals surface area (Å²) in [6.45, 7) is 3.72. The lowest BCUT2D eigenvalue weighted by molar-refractivity contribution is -0.222. The van der Waals surface area contributed by atoms with Crippen molar-refractivity contribution in [3.63, 3.8) is 0 Å². The predicted molar refractivity (Wildman–Crippen MR) is 108 cm³/mol. The summed E-state index contributed by atoms with van der Waals surface area (Å²) in [6.07, 6.45) is 13.5. The summed E-state index contributed by atoms with van der Waals surface area (Å²) < 4.78 is 25.9. The zero-order valence-electron chi connectivity index (χ0n) is 16.9. The van der Waals surface area contributed by atoms with E-state index < -0.39 is 5.82 Å². The van der Waals surface area contributed by atoms with Crippen LogP contribution in [0.5, 0.6) is 0 Å². The quantitative estimate of drug-likeness (QED) is 0.421. The minimum absolute atomic E-state index is 0.0941. The van der Waals surface area contributed by atoms with Gasteiger partial charge < -0.3 is 9.47 Å². The second kappa shape index (κ2) is 10.7. The summed E-state index contributed by atoms with van der Waals surface area (Å²) in [5.41, 5.74) is 1.13. The second-order valence-electron chi connectivity index (χ2n) is 8.18. The molecule has 0 aromatic heterocycles. The van der Waals surface area contributed by atoms with Crippen molar-refractivity contribution >= 4 is 0 Å². The van der Waals surface area contributed by atoms with E-state index in [1.807, 2.05) is 12.1 Å². The molecule has 0 atom stereocenters. The Morgan fingerprint density at radius 3 is 2.54 bits per heavy atom. The van der Waals surface area contributed by atoms with E-state index in [1.165, 1.54) is 25.3 Å². The standard InChI is InChI=1S/C24H32FNO2/c1-2-3-4-5-6-7-18-16-27-24(28-17-18)20-10-8-19(9-11-20)21-12-13-22(15-26)23(25)14-21/h6-7,12-14,18-20,24H,2-5,8-11,16-17H2,1H3/b7-6+. The average Bonchev–Trinajstić information content (AvgIpc) is 2.74. The first-order valence-electron chi connectivity index (χ1n) is 10.8. The summed E-state index contributed by atoms with van der Waals surface area (Å²) in [5.74, 6) is 0.751. The highest BCUT2D eigenvalue weighted by atomic mass is 19.1. The third-order valence-corrected chi connectivity index (χ3v) is 6.07. The van der Waals surface area contributed by atoms with Crippen molar-refractivity contribution < 1.29 is 13.9 Å². The van der Waals surface area contributed by atoms with Crippen LogP contribution in [-0.4, -0.2) is 19.5 Å². The number of allylic oxidation sites excluding steroid dienone is 1. The maximum atomic E-state index is 13.9. The molecule has 4 heteroatoms. The van der Waals surface area contributed by atoms with Crippen LogP contribution in [0.2, 0.25) is 0 Å². The molecular weight excluding hydrogens is 353 g/mol. The first kappa shape index (κ1) is 21.0. The third-order valence-electron chi connectivity index (χ3n) is 6.07. The van der Waals surface area contributed by atoms with Crippen molar-refractivity contribution in [2.24, 2.45) is 11.8 Å². The summed E-state index contributed by atoms with van der Waals surface area (Å²) in [4.78, 5) is 0. The van der Waals surface area contributed by atoms with Gasteiger partial charge in [0.2, 0.25) is 0 Å². The van der Waals surface area contributed by atoms with Crippen molar-refractivity contribution in [2.45, 2.75) is 70.5 Å². The molecule has 1 saturated heterocycles. The zero-order chi connectivity index (χ0) is 19.8. The summed E-state index contributed by atoms with van der Waals surface area (Å²) in [5, 5.41) is 8.88. The van der Waals surface area contributed by atoms with Gasteiger partial charge >= 0.3 is 0 Å². The lowest BCUT2D eigenvalue weighted by atomic mass is 9.78. The van der Waals surface area contributed by atoms with Crippen molar-refractivity contribution in [3.05, 3.63) is 47.3 Å². The molecule has 0 amide bonds. The van der Waals surface area contributed by atoms with E-state index in [0.717, 1.165) is 50.9 Å². The number of hydrogen-bond acceptors (Lipinski definition) is 3.